The number of aromatic nitrogens is 4. The zero-order valence-corrected chi connectivity index (χ0v) is 19.5. The molecule has 7 heteroatoms. The summed E-state index contributed by atoms with van der Waals surface area (Å²) in [4.78, 5) is 32.9. The normalized spacial score (nSPS) is 14.8. The topological polar surface area (TPSA) is 83.9 Å². The number of aryl methyl sites for hydroxylation is 1. The first-order valence-electron chi connectivity index (χ1n) is 12.0. The quantitative estimate of drug-likeness (QED) is 0.419. The van der Waals surface area contributed by atoms with Gasteiger partial charge in [0.05, 0.1) is 23.6 Å². The molecule has 0 bridgehead atoms. The number of nitrogens with one attached hydrogen (secondary N) is 1. The first-order valence-corrected chi connectivity index (χ1v) is 12.0. The molecule has 5 rings (SSSR count). The van der Waals surface area contributed by atoms with Crippen LogP contribution in [0.2, 0.25) is 0 Å². The summed E-state index contributed by atoms with van der Waals surface area (Å²) >= 11 is 0. The zero-order valence-electron chi connectivity index (χ0n) is 19.5. The molecule has 35 heavy (non-hydrogen) atoms. The fourth-order valence-corrected chi connectivity index (χ4v) is 4.57. The lowest BCUT2D eigenvalue weighted by Crippen LogP contribution is -2.37. The molecule has 0 spiro atoms. The average Bonchev–Trinajstić information content (AvgIpc) is 2.93. The highest BCUT2D eigenvalue weighted by Gasteiger charge is 2.31. The number of amides is 1. The Morgan fingerprint density at radius 3 is 2.54 bits per heavy atom. The summed E-state index contributed by atoms with van der Waals surface area (Å²) in [5, 5.41) is 3.43. The molecule has 0 saturated carbocycles. The van der Waals surface area contributed by atoms with Gasteiger partial charge in [-0.25, -0.2) is 4.98 Å². The molecule has 7 nitrogen and oxygen atoms in total. The molecule has 1 aliphatic rings. The summed E-state index contributed by atoms with van der Waals surface area (Å²) in [5.41, 5.74) is 5.83. The van der Waals surface area contributed by atoms with Gasteiger partial charge in [0.1, 0.15) is 5.69 Å². The van der Waals surface area contributed by atoms with Crippen molar-refractivity contribution in [2.75, 3.05) is 0 Å². The Bertz CT molecular complexity index is 1250. The van der Waals surface area contributed by atoms with Crippen LogP contribution in [-0.2, 0) is 26.1 Å². The van der Waals surface area contributed by atoms with Gasteiger partial charge in [-0.05, 0) is 54.2 Å². The van der Waals surface area contributed by atoms with Crippen LogP contribution in [0, 0.1) is 0 Å². The van der Waals surface area contributed by atoms with Crippen molar-refractivity contribution in [1.82, 2.24) is 30.2 Å². The van der Waals surface area contributed by atoms with Gasteiger partial charge in [0.25, 0.3) is 5.91 Å². The largest absolute Gasteiger partial charge is 0.324 e. The van der Waals surface area contributed by atoms with Crippen molar-refractivity contribution in [3.63, 3.8) is 0 Å². The molecule has 4 aromatic rings. The number of rotatable bonds is 8. The maximum atomic E-state index is 13.6. The molecular formula is C28H28N6O. The highest BCUT2D eigenvalue weighted by atomic mass is 16.2. The third kappa shape index (κ3) is 5.58. The van der Waals surface area contributed by atoms with Crippen LogP contribution >= 0.6 is 0 Å². The molecule has 1 unspecified atom stereocenters. The highest BCUT2D eigenvalue weighted by molar-refractivity contribution is 5.92. The number of fused-ring (bicyclic) bond motifs is 1. The first-order chi connectivity index (χ1) is 17.3. The van der Waals surface area contributed by atoms with Crippen molar-refractivity contribution >= 4 is 5.91 Å². The van der Waals surface area contributed by atoms with Gasteiger partial charge in [0.15, 0.2) is 0 Å². The van der Waals surface area contributed by atoms with Gasteiger partial charge in [-0.15, -0.1) is 0 Å². The molecule has 1 aliphatic carbocycles. The Kier molecular flexibility index (Phi) is 7.15. The zero-order chi connectivity index (χ0) is 23.9. The number of pyridine rings is 2. The van der Waals surface area contributed by atoms with E-state index in [1.54, 1.807) is 18.6 Å². The van der Waals surface area contributed by atoms with Crippen LogP contribution in [0.25, 0.3) is 0 Å². The lowest BCUT2D eigenvalue weighted by molar-refractivity contribution is 0.0626. The smallest absolute Gasteiger partial charge is 0.274 e. The molecular weight excluding hydrogens is 436 g/mol. The maximum absolute atomic E-state index is 13.6. The molecule has 0 aliphatic heterocycles. The molecule has 0 fully saturated rings. The van der Waals surface area contributed by atoms with Crippen LogP contribution in [0.4, 0.5) is 0 Å². The van der Waals surface area contributed by atoms with Crippen LogP contribution in [0.1, 0.15) is 57.5 Å². The summed E-state index contributed by atoms with van der Waals surface area (Å²) in [6, 6.07) is 18.3. The van der Waals surface area contributed by atoms with Crippen molar-refractivity contribution in [3.8, 4) is 0 Å². The lowest BCUT2D eigenvalue weighted by Gasteiger charge is -2.35. The number of nitrogens with zero attached hydrogens (tertiary/aromatic N) is 5. The summed E-state index contributed by atoms with van der Waals surface area (Å²) in [6.07, 6.45) is 11.2. The van der Waals surface area contributed by atoms with Crippen LogP contribution in [0.3, 0.4) is 0 Å². The monoisotopic (exact) mass is 464 g/mol. The molecule has 0 radical (unpaired) electrons. The number of hydrogen-bond acceptors (Lipinski definition) is 6. The molecule has 1 aromatic carbocycles. The van der Waals surface area contributed by atoms with Gasteiger partial charge in [-0.3, -0.25) is 19.7 Å². The molecule has 3 heterocycles. The second-order valence-corrected chi connectivity index (χ2v) is 8.72. The predicted octanol–water partition coefficient (Wildman–Crippen LogP) is 4.28. The van der Waals surface area contributed by atoms with E-state index in [1.165, 1.54) is 17.3 Å². The Labute approximate surface area is 205 Å². The van der Waals surface area contributed by atoms with E-state index in [9.17, 15) is 4.79 Å². The Morgan fingerprint density at radius 2 is 1.74 bits per heavy atom. The summed E-state index contributed by atoms with van der Waals surface area (Å²) in [6.45, 7) is 1.95. The van der Waals surface area contributed by atoms with E-state index < -0.39 is 0 Å². The second-order valence-electron chi connectivity index (χ2n) is 8.72. The maximum Gasteiger partial charge on any atom is 0.274 e. The molecule has 0 saturated heterocycles. The third-order valence-electron chi connectivity index (χ3n) is 6.32. The lowest BCUT2D eigenvalue weighted by atomic mass is 9.90. The van der Waals surface area contributed by atoms with Gasteiger partial charge < -0.3 is 10.2 Å². The standard InChI is InChI=1S/C28H28N6O/c35-28(25-19-29-15-16-32-25)34(26-8-3-5-23-6-4-14-33-27(23)26)20-22-11-9-21(10-12-22)17-30-18-24-7-1-2-13-31-24/h1-2,4,6-7,9-16,19,26,30H,3,5,8,17-18,20H2. The summed E-state index contributed by atoms with van der Waals surface area (Å²) < 4.78 is 0. The average molecular weight is 465 g/mol. The van der Waals surface area contributed by atoms with E-state index in [0.29, 0.717) is 12.2 Å². The summed E-state index contributed by atoms with van der Waals surface area (Å²) in [5.74, 6) is -0.122. The van der Waals surface area contributed by atoms with Crippen molar-refractivity contribution in [2.24, 2.45) is 0 Å². The first kappa shape index (κ1) is 22.8. The molecule has 1 amide bonds. The predicted molar refractivity (Wildman–Crippen MR) is 133 cm³/mol. The molecule has 1 atom stereocenters. The number of carbonyl (C=O) groups excluding carboxylic acids is 1. The van der Waals surface area contributed by atoms with Gasteiger partial charge >= 0.3 is 0 Å². The van der Waals surface area contributed by atoms with Gasteiger partial charge in [0, 0.05) is 44.4 Å². The number of hydrogen-bond donors (Lipinski definition) is 1. The number of carbonyl (C=O) groups is 1. The van der Waals surface area contributed by atoms with Crippen LogP contribution in [-0.4, -0.2) is 30.7 Å². The van der Waals surface area contributed by atoms with Crippen molar-refractivity contribution in [2.45, 2.75) is 44.9 Å². The van der Waals surface area contributed by atoms with E-state index in [0.717, 1.165) is 49.3 Å². The van der Waals surface area contributed by atoms with E-state index >= 15 is 0 Å². The van der Waals surface area contributed by atoms with Crippen LogP contribution in [0.5, 0.6) is 0 Å². The van der Waals surface area contributed by atoms with Crippen LogP contribution < -0.4 is 5.32 Å². The molecule has 3 aromatic heterocycles. The van der Waals surface area contributed by atoms with Crippen molar-refractivity contribution < 1.29 is 4.79 Å². The highest BCUT2D eigenvalue weighted by Crippen LogP contribution is 2.34. The van der Waals surface area contributed by atoms with Gasteiger partial charge in [0.2, 0.25) is 0 Å². The molecule has 176 valence electrons. The van der Waals surface area contributed by atoms with Gasteiger partial charge in [-0.1, -0.05) is 36.4 Å². The van der Waals surface area contributed by atoms with Crippen molar-refractivity contribution in [1.29, 1.82) is 0 Å². The Hall–Kier alpha value is -3.97. The van der Waals surface area contributed by atoms with E-state index in [4.69, 9.17) is 0 Å². The van der Waals surface area contributed by atoms with E-state index in [1.807, 2.05) is 35.4 Å². The summed E-state index contributed by atoms with van der Waals surface area (Å²) in [7, 11) is 0. The van der Waals surface area contributed by atoms with Crippen molar-refractivity contribution in [3.05, 3.63) is 119 Å². The molecule has 1 N–H and O–H groups in total. The fraction of sp³-hybridized carbons (Fsp3) is 0.250. The minimum absolute atomic E-state index is 0.0887. The fourth-order valence-electron chi connectivity index (χ4n) is 4.57. The van der Waals surface area contributed by atoms with Gasteiger partial charge in [-0.2, -0.15) is 0 Å². The third-order valence-corrected chi connectivity index (χ3v) is 6.32. The Morgan fingerprint density at radius 1 is 0.886 bits per heavy atom. The minimum atomic E-state index is -0.122. The SMILES string of the molecule is O=C(c1cnccn1)N(Cc1ccc(CNCc2ccccn2)cc1)C1CCCc2cccnc21. The van der Waals surface area contributed by atoms with E-state index in [-0.39, 0.29) is 11.9 Å². The number of benzene rings is 1. The minimum Gasteiger partial charge on any atom is -0.324 e. The van der Waals surface area contributed by atoms with E-state index in [2.05, 4.69) is 55.6 Å². The Balaban J connectivity index is 1.33. The second kappa shape index (κ2) is 11.0. The van der Waals surface area contributed by atoms with Crippen LogP contribution in [0.15, 0.2) is 85.6 Å².